The Balaban J connectivity index is 1.75. The summed E-state index contributed by atoms with van der Waals surface area (Å²) in [5.41, 5.74) is 10.4. The molecule has 0 spiro atoms. The molecule has 0 aliphatic carbocycles. The van der Waals surface area contributed by atoms with E-state index < -0.39 is 0 Å². The van der Waals surface area contributed by atoms with E-state index in [1.54, 1.807) is 6.07 Å². The van der Waals surface area contributed by atoms with Crippen LogP contribution in [0, 0.1) is 0 Å². The van der Waals surface area contributed by atoms with Crippen molar-refractivity contribution in [1.82, 2.24) is 14.5 Å². The van der Waals surface area contributed by atoms with Crippen LogP contribution in [0.25, 0.3) is 33.2 Å². The van der Waals surface area contributed by atoms with Gasteiger partial charge in [0.15, 0.2) is 11.5 Å². The van der Waals surface area contributed by atoms with E-state index in [9.17, 15) is 4.79 Å². The number of aryl methyl sites for hydroxylation is 2. The molecule has 7 nitrogen and oxygen atoms in total. The van der Waals surface area contributed by atoms with Crippen LogP contribution in [-0.2, 0) is 13.0 Å². The van der Waals surface area contributed by atoms with Gasteiger partial charge in [0.25, 0.3) is 5.56 Å². The number of para-hydroxylation sites is 1. The summed E-state index contributed by atoms with van der Waals surface area (Å²) in [6, 6.07) is 9.78. The molecular formula is C22H22N4O3. The number of nitrogens with zero attached hydrogens (tertiary/aromatic N) is 2. The van der Waals surface area contributed by atoms with E-state index in [1.807, 2.05) is 24.4 Å². The van der Waals surface area contributed by atoms with Crippen molar-refractivity contribution in [2.24, 2.45) is 5.73 Å². The minimum absolute atomic E-state index is 0.178. The number of benzene rings is 2. The second kappa shape index (κ2) is 6.93. The van der Waals surface area contributed by atoms with Gasteiger partial charge in [0, 0.05) is 35.8 Å². The third kappa shape index (κ3) is 2.86. The van der Waals surface area contributed by atoms with E-state index in [-0.39, 0.29) is 12.4 Å². The number of hydrogen-bond acceptors (Lipinski definition) is 5. The second-order valence-corrected chi connectivity index (χ2v) is 7.18. The molecule has 1 aliphatic heterocycles. The summed E-state index contributed by atoms with van der Waals surface area (Å²) in [5, 5.41) is 1.03. The molecule has 0 bridgehead atoms. The lowest BCUT2D eigenvalue weighted by atomic mass is 10.1. The van der Waals surface area contributed by atoms with E-state index in [0.717, 1.165) is 35.9 Å². The Kier molecular flexibility index (Phi) is 4.24. The number of ether oxygens (including phenoxy) is 2. The van der Waals surface area contributed by atoms with Crippen molar-refractivity contribution < 1.29 is 9.47 Å². The van der Waals surface area contributed by atoms with Crippen molar-refractivity contribution in [3.05, 3.63) is 52.4 Å². The number of fused-ring (bicyclic) bond motifs is 3. The van der Waals surface area contributed by atoms with Gasteiger partial charge in [-0.05, 0) is 24.9 Å². The number of aromatic amines is 1. The molecule has 148 valence electrons. The molecule has 4 aromatic rings. The fourth-order valence-electron chi connectivity index (χ4n) is 4.01. The van der Waals surface area contributed by atoms with Crippen molar-refractivity contribution in [3.8, 4) is 22.8 Å². The van der Waals surface area contributed by atoms with Crippen LogP contribution in [0.15, 0.2) is 41.3 Å². The standard InChI is InChI=1S/C22H22N4O3/c1-2-13-5-3-6-14-15(11-26(21(13)14)8-4-7-23)20-22(27)25-17-10-19-18(28-12-29-19)9-16(17)24-20/h3,5-6,9-11H,2,4,7-8,12,23H2,1H3,(H,25,27). The third-order valence-corrected chi connectivity index (χ3v) is 5.41. The summed E-state index contributed by atoms with van der Waals surface area (Å²) in [7, 11) is 0. The Morgan fingerprint density at radius 2 is 2.07 bits per heavy atom. The van der Waals surface area contributed by atoms with Gasteiger partial charge in [0.2, 0.25) is 6.79 Å². The molecule has 0 fully saturated rings. The molecule has 2 aromatic heterocycles. The van der Waals surface area contributed by atoms with Gasteiger partial charge in [-0.25, -0.2) is 4.98 Å². The van der Waals surface area contributed by atoms with E-state index in [0.29, 0.717) is 34.8 Å². The Bertz CT molecular complexity index is 1290. The highest BCUT2D eigenvalue weighted by Gasteiger charge is 2.19. The Labute approximate surface area is 167 Å². The van der Waals surface area contributed by atoms with Crippen LogP contribution in [0.4, 0.5) is 0 Å². The van der Waals surface area contributed by atoms with E-state index in [1.165, 1.54) is 5.56 Å². The van der Waals surface area contributed by atoms with E-state index >= 15 is 0 Å². The van der Waals surface area contributed by atoms with E-state index in [2.05, 4.69) is 22.5 Å². The zero-order valence-corrected chi connectivity index (χ0v) is 16.2. The molecule has 1 aliphatic rings. The molecule has 2 aromatic carbocycles. The smallest absolute Gasteiger partial charge is 0.275 e. The number of nitrogens with one attached hydrogen (secondary N) is 1. The Morgan fingerprint density at radius 3 is 2.86 bits per heavy atom. The summed E-state index contributed by atoms with van der Waals surface area (Å²) in [6.07, 6.45) is 3.80. The van der Waals surface area contributed by atoms with Crippen LogP contribution in [-0.4, -0.2) is 27.9 Å². The summed E-state index contributed by atoms with van der Waals surface area (Å²) >= 11 is 0. The minimum Gasteiger partial charge on any atom is -0.454 e. The van der Waals surface area contributed by atoms with Gasteiger partial charge in [-0.15, -0.1) is 0 Å². The topological polar surface area (TPSA) is 95.2 Å². The SMILES string of the molecule is CCc1cccc2c(-c3nc4cc5c(cc4[nH]c3=O)OCO5)cn(CCCN)c12. The van der Waals surface area contributed by atoms with Gasteiger partial charge < -0.3 is 24.8 Å². The molecule has 0 unspecified atom stereocenters. The van der Waals surface area contributed by atoms with Crippen molar-refractivity contribution in [2.75, 3.05) is 13.3 Å². The normalized spacial score (nSPS) is 12.9. The first-order valence-corrected chi connectivity index (χ1v) is 9.84. The molecular weight excluding hydrogens is 368 g/mol. The number of hydrogen-bond donors (Lipinski definition) is 2. The zero-order chi connectivity index (χ0) is 20.0. The zero-order valence-electron chi connectivity index (χ0n) is 16.2. The van der Waals surface area contributed by atoms with Crippen LogP contribution in [0.5, 0.6) is 11.5 Å². The maximum atomic E-state index is 12.9. The van der Waals surface area contributed by atoms with Gasteiger partial charge in [-0.3, -0.25) is 4.79 Å². The predicted octanol–water partition coefficient (Wildman–Crippen LogP) is 3.18. The molecule has 0 atom stereocenters. The van der Waals surface area contributed by atoms with Gasteiger partial charge in [0.05, 0.1) is 16.6 Å². The Morgan fingerprint density at radius 1 is 1.24 bits per heavy atom. The van der Waals surface area contributed by atoms with Gasteiger partial charge in [-0.1, -0.05) is 25.1 Å². The first-order valence-electron chi connectivity index (χ1n) is 9.84. The summed E-state index contributed by atoms with van der Waals surface area (Å²) in [4.78, 5) is 20.6. The highest BCUT2D eigenvalue weighted by atomic mass is 16.7. The predicted molar refractivity (Wildman–Crippen MR) is 112 cm³/mol. The molecule has 3 N–H and O–H groups in total. The maximum Gasteiger partial charge on any atom is 0.275 e. The van der Waals surface area contributed by atoms with Crippen LogP contribution >= 0.6 is 0 Å². The van der Waals surface area contributed by atoms with Crippen molar-refractivity contribution >= 4 is 21.9 Å². The lowest BCUT2D eigenvalue weighted by molar-refractivity contribution is 0.174. The van der Waals surface area contributed by atoms with Crippen molar-refractivity contribution in [2.45, 2.75) is 26.3 Å². The lowest BCUT2D eigenvalue weighted by Gasteiger charge is -2.07. The molecule has 0 saturated carbocycles. The highest BCUT2D eigenvalue weighted by molar-refractivity contribution is 5.97. The van der Waals surface area contributed by atoms with Gasteiger partial charge >= 0.3 is 0 Å². The molecule has 0 amide bonds. The van der Waals surface area contributed by atoms with Crippen molar-refractivity contribution in [1.29, 1.82) is 0 Å². The van der Waals surface area contributed by atoms with Crippen LogP contribution in [0.1, 0.15) is 18.9 Å². The summed E-state index contributed by atoms with van der Waals surface area (Å²) < 4.78 is 13.1. The Hall–Kier alpha value is -3.32. The highest BCUT2D eigenvalue weighted by Crippen LogP contribution is 2.36. The molecule has 3 heterocycles. The minimum atomic E-state index is -0.226. The number of rotatable bonds is 5. The summed E-state index contributed by atoms with van der Waals surface area (Å²) in [6.45, 7) is 3.73. The molecule has 7 heteroatoms. The molecule has 0 radical (unpaired) electrons. The maximum absolute atomic E-state index is 12.9. The fourth-order valence-corrected chi connectivity index (χ4v) is 4.01. The first kappa shape index (κ1) is 17.8. The van der Waals surface area contributed by atoms with Gasteiger partial charge in [-0.2, -0.15) is 0 Å². The molecule has 0 saturated heterocycles. The molecule has 5 rings (SSSR count). The second-order valence-electron chi connectivity index (χ2n) is 7.18. The average molecular weight is 390 g/mol. The number of nitrogens with two attached hydrogens (primary N) is 1. The van der Waals surface area contributed by atoms with Crippen LogP contribution in [0.3, 0.4) is 0 Å². The third-order valence-electron chi connectivity index (χ3n) is 5.41. The van der Waals surface area contributed by atoms with Crippen LogP contribution in [0.2, 0.25) is 0 Å². The summed E-state index contributed by atoms with van der Waals surface area (Å²) in [5.74, 6) is 1.26. The fraction of sp³-hybridized carbons (Fsp3) is 0.273. The molecule has 29 heavy (non-hydrogen) atoms. The first-order chi connectivity index (χ1) is 14.2. The monoisotopic (exact) mass is 390 g/mol. The quantitative estimate of drug-likeness (QED) is 0.546. The van der Waals surface area contributed by atoms with Crippen LogP contribution < -0.4 is 20.8 Å². The number of aromatic nitrogens is 3. The van der Waals surface area contributed by atoms with Gasteiger partial charge in [0.1, 0.15) is 5.69 Å². The largest absolute Gasteiger partial charge is 0.454 e. The number of H-pyrrole nitrogens is 1. The van der Waals surface area contributed by atoms with Crippen molar-refractivity contribution in [3.63, 3.8) is 0 Å². The lowest BCUT2D eigenvalue weighted by Crippen LogP contribution is -2.11. The average Bonchev–Trinajstić information content (AvgIpc) is 3.34. The van der Waals surface area contributed by atoms with E-state index in [4.69, 9.17) is 20.2 Å².